The fourth-order valence-corrected chi connectivity index (χ4v) is 3.68. The highest BCUT2D eigenvalue weighted by molar-refractivity contribution is 5.90. The van der Waals surface area contributed by atoms with Crippen molar-refractivity contribution in [1.29, 1.82) is 0 Å². The monoisotopic (exact) mass is 286 g/mol. The average molecular weight is 286 g/mol. The summed E-state index contributed by atoms with van der Waals surface area (Å²) >= 11 is 0. The van der Waals surface area contributed by atoms with Crippen LogP contribution in [0.3, 0.4) is 0 Å². The Hall–Kier alpha value is -2.18. The van der Waals surface area contributed by atoms with E-state index in [0.717, 1.165) is 35.4 Å². The molecule has 7 nitrogen and oxygen atoms in total. The summed E-state index contributed by atoms with van der Waals surface area (Å²) in [5.41, 5.74) is 1.78. The van der Waals surface area contributed by atoms with Crippen LogP contribution in [-0.4, -0.2) is 44.3 Å². The Morgan fingerprint density at radius 1 is 1.29 bits per heavy atom. The Balaban J connectivity index is 1.88. The third-order valence-corrected chi connectivity index (χ3v) is 4.60. The lowest BCUT2D eigenvalue weighted by atomic mass is 10.1. The minimum absolute atomic E-state index is 0.139. The Morgan fingerprint density at radius 3 is 2.95 bits per heavy atom. The van der Waals surface area contributed by atoms with Gasteiger partial charge in [0.05, 0.1) is 11.1 Å². The lowest BCUT2D eigenvalue weighted by Crippen LogP contribution is -2.38. The van der Waals surface area contributed by atoms with Gasteiger partial charge in [-0.3, -0.25) is 9.48 Å². The van der Waals surface area contributed by atoms with Crippen LogP contribution in [0.2, 0.25) is 0 Å². The summed E-state index contributed by atoms with van der Waals surface area (Å²) in [6, 6.07) is 0.550. The van der Waals surface area contributed by atoms with Crippen LogP contribution in [0.25, 0.3) is 11.0 Å². The number of hydrogen-bond donors (Lipinski definition) is 1. The summed E-state index contributed by atoms with van der Waals surface area (Å²) < 4.78 is 1.79. The lowest BCUT2D eigenvalue weighted by Gasteiger charge is -2.28. The van der Waals surface area contributed by atoms with E-state index >= 15 is 0 Å². The van der Waals surface area contributed by atoms with Crippen molar-refractivity contribution in [2.75, 3.05) is 11.4 Å². The zero-order valence-electron chi connectivity index (χ0n) is 12.2. The van der Waals surface area contributed by atoms with Gasteiger partial charge in [-0.05, 0) is 19.8 Å². The molecule has 2 aromatic rings. The number of fused-ring (bicyclic) bond motifs is 3. The maximum atomic E-state index is 11.8. The second-order valence-electron chi connectivity index (χ2n) is 5.91. The molecule has 0 aromatic carbocycles. The van der Waals surface area contributed by atoms with Gasteiger partial charge < -0.3 is 10.2 Å². The number of amides is 1. The number of nitrogens with one attached hydrogen (secondary N) is 1. The molecule has 2 aliphatic heterocycles. The number of carbonyl (C=O) groups excluding carboxylic acids is 1. The third-order valence-electron chi connectivity index (χ3n) is 4.60. The number of aromatic nitrogens is 4. The van der Waals surface area contributed by atoms with Gasteiger partial charge in [-0.2, -0.15) is 5.10 Å². The maximum absolute atomic E-state index is 11.8. The summed E-state index contributed by atoms with van der Waals surface area (Å²) in [6.07, 6.45) is 4.28. The largest absolute Gasteiger partial charge is 0.354 e. The zero-order valence-corrected chi connectivity index (χ0v) is 12.2. The van der Waals surface area contributed by atoms with Crippen molar-refractivity contribution >= 4 is 22.8 Å². The minimum Gasteiger partial charge on any atom is -0.354 e. The van der Waals surface area contributed by atoms with E-state index in [1.165, 1.54) is 0 Å². The fourth-order valence-electron chi connectivity index (χ4n) is 3.68. The number of nitrogens with zero attached hydrogens (tertiary/aromatic N) is 5. The highest BCUT2D eigenvalue weighted by Crippen LogP contribution is 2.36. The van der Waals surface area contributed by atoms with E-state index < -0.39 is 0 Å². The molecule has 2 aliphatic rings. The van der Waals surface area contributed by atoms with E-state index in [-0.39, 0.29) is 11.9 Å². The molecular weight excluding hydrogens is 268 g/mol. The summed E-state index contributed by atoms with van der Waals surface area (Å²) in [6.45, 7) is 2.68. The van der Waals surface area contributed by atoms with Gasteiger partial charge in [-0.1, -0.05) is 0 Å². The van der Waals surface area contributed by atoms with Crippen molar-refractivity contribution in [3.8, 4) is 0 Å². The molecule has 1 N–H and O–H groups in total. The number of aryl methyl sites for hydroxylation is 2. The van der Waals surface area contributed by atoms with E-state index in [1.54, 1.807) is 11.0 Å². The summed E-state index contributed by atoms with van der Waals surface area (Å²) in [4.78, 5) is 23.0. The molecule has 4 heterocycles. The topological polar surface area (TPSA) is 75.9 Å². The van der Waals surface area contributed by atoms with Crippen LogP contribution in [-0.2, 0) is 11.8 Å². The van der Waals surface area contributed by atoms with Gasteiger partial charge in [0, 0.05) is 32.1 Å². The van der Waals surface area contributed by atoms with Gasteiger partial charge >= 0.3 is 0 Å². The molecule has 0 unspecified atom stereocenters. The van der Waals surface area contributed by atoms with E-state index in [2.05, 4.69) is 25.3 Å². The highest BCUT2D eigenvalue weighted by Gasteiger charge is 2.39. The molecule has 21 heavy (non-hydrogen) atoms. The minimum atomic E-state index is 0.139. The van der Waals surface area contributed by atoms with E-state index in [1.807, 2.05) is 14.0 Å². The Labute approximate surface area is 122 Å². The van der Waals surface area contributed by atoms with Gasteiger partial charge in [0.2, 0.25) is 5.91 Å². The standard InChI is InChI=1S/C14H18N6O/c1-8-12-13(19(2)18-8)16-7-17-14(12)20-9-3-4-10(20)6-15-11(21)5-9/h7,9-10H,3-6H2,1-2H3,(H,15,21)/t9-,10+/m0/s1. The van der Waals surface area contributed by atoms with Gasteiger partial charge in [0.15, 0.2) is 5.65 Å². The molecule has 2 atom stereocenters. The molecule has 110 valence electrons. The molecule has 1 amide bonds. The Morgan fingerprint density at radius 2 is 2.10 bits per heavy atom. The van der Waals surface area contributed by atoms with Crippen molar-refractivity contribution in [3.63, 3.8) is 0 Å². The molecule has 4 rings (SSSR count). The summed E-state index contributed by atoms with van der Waals surface area (Å²) in [5, 5.41) is 8.46. The van der Waals surface area contributed by atoms with Crippen LogP contribution in [0, 0.1) is 6.92 Å². The fraction of sp³-hybridized carbons (Fsp3) is 0.571. The normalized spacial score (nSPS) is 25.2. The molecule has 7 heteroatoms. The van der Waals surface area contributed by atoms with Crippen LogP contribution in [0.15, 0.2) is 6.33 Å². The molecule has 0 aliphatic carbocycles. The smallest absolute Gasteiger partial charge is 0.222 e. The predicted molar refractivity (Wildman–Crippen MR) is 78.0 cm³/mol. The van der Waals surface area contributed by atoms with Crippen molar-refractivity contribution in [1.82, 2.24) is 25.1 Å². The van der Waals surface area contributed by atoms with E-state index in [0.29, 0.717) is 19.0 Å². The highest BCUT2D eigenvalue weighted by atomic mass is 16.1. The van der Waals surface area contributed by atoms with Crippen molar-refractivity contribution < 1.29 is 4.79 Å². The molecule has 2 bridgehead atoms. The lowest BCUT2D eigenvalue weighted by molar-refractivity contribution is -0.121. The van der Waals surface area contributed by atoms with Crippen LogP contribution in [0.4, 0.5) is 5.82 Å². The summed E-state index contributed by atoms with van der Waals surface area (Å²) in [7, 11) is 1.90. The first-order valence-corrected chi connectivity index (χ1v) is 7.34. The van der Waals surface area contributed by atoms with Crippen molar-refractivity contribution in [3.05, 3.63) is 12.0 Å². The number of carbonyl (C=O) groups is 1. The molecule has 2 fully saturated rings. The maximum Gasteiger partial charge on any atom is 0.222 e. The summed E-state index contributed by atoms with van der Waals surface area (Å²) in [5.74, 6) is 1.06. The molecule has 2 aromatic heterocycles. The first-order chi connectivity index (χ1) is 10.1. The predicted octanol–water partition coefficient (Wildman–Crippen LogP) is 0.529. The Kier molecular flexibility index (Phi) is 2.63. The van der Waals surface area contributed by atoms with Crippen LogP contribution < -0.4 is 10.2 Å². The zero-order chi connectivity index (χ0) is 14.6. The van der Waals surface area contributed by atoms with Gasteiger partial charge in [-0.15, -0.1) is 0 Å². The first kappa shape index (κ1) is 12.6. The van der Waals surface area contributed by atoms with Crippen molar-refractivity contribution in [2.45, 2.75) is 38.3 Å². The molecule has 0 spiro atoms. The van der Waals surface area contributed by atoms with Crippen LogP contribution in [0.1, 0.15) is 25.0 Å². The number of anilines is 1. The van der Waals surface area contributed by atoms with Crippen LogP contribution in [0.5, 0.6) is 0 Å². The molecular formula is C14H18N6O. The number of rotatable bonds is 1. The second kappa shape index (κ2) is 4.41. The van der Waals surface area contributed by atoms with Gasteiger partial charge in [0.25, 0.3) is 0 Å². The van der Waals surface area contributed by atoms with Gasteiger partial charge in [-0.25, -0.2) is 9.97 Å². The average Bonchev–Trinajstić information content (AvgIpc) is 2.92. The molecule has 2 saturated heterocycles. The van der Waals surface area contributed by atoms with Crippen LogP contribution >= 0.6 is 0 Å². The van der Waals surface area contributed by atoms with Crippen molar-refractivity contribution in [2.24, 2.45) is 7.05 Å². The second-order valence-corrected chi connectivity index (χ2v) is 5.91. The Bertz CT molecular complexity index is 724. The number of hydrogen-bond acceptors (Lipinski definition) is 5. The van der Waals surface area contributed by atoms with E-state index in [4.69, 9.17) is 0 Å². The van der Waals surface area contributed by atoms with Gasteiger partial charge in [0.1, 0.15) is 12.1 Å². The van der Waals surface area contributed by atoms with E-state index in [9.17, 15) is 4.79 Å². The SMILES string of the molecule is Cc1nn(C)c2ncnc(N3[C@@H]4CC[C@H]3CC(=O)NC4)c12. The molecule has 0 saturated carbocycles. The quantitative estimate of drug-likeness (QED) is 0.827. The third kappa shape index (κ3) is 1.80. The first-order valence-electron chi connectivity index (χ1n) is 7.34. The molecule has 0 radical (unpaired) electrons.